The first-order chi connectivity index (χ1) is 16.6. The number of ketones is 2. The van der Waals surface area contributed by atoms with E-state index in [0.29, 0.717) is 45.0 Å². The summed E-state index contributed by atoms with van der Waals surface area (Å²) in [7, 11) is 0. The molecule has 3 N–H and O–H groups in total. The molecule has 1 heterocycles. The summed E-state index contributed by atoms with van der Waals surface area (Å²) >= 11 is 0. The van der Waals surface area contributed by atoms with Crippen LogP contribution in [0.15, 0.2) is 36.0 Å². The van der Waals surface area contributed by atoms with Crippen molar-refractivity contribution in [2.24, 2.45) is 0 Å². The van der Waals surface area contributed by atoms with Gasteiger partial charge in [0.15, 0.2) is 11.6 Å². The second-order valence-corrected chi connectivity index (χ2v) is 8.62. The molecule has 188 valence electrons. The van der Waals surface area contributed by atoms with Gasteiger partial charge in [-0.05, 0) is 23.6 Å². The van der Waals surface area contributed by atoms with Crippen molar-refractivity contribution in [2.75, 3.05) is 78.8 Å². The molecule has 0 spiro atoms. The van der Waals surface area contributed by atoms with Gasteiger partial charge in [0.05, 0.1) is 32.0 Å². The van der Waals surface area contributed by atoms with Crippen LogP contribution in [0.3, 0.4) is 0 Å². The lowest BCUT2D eigenvalue weighted by Gasteiger charge is -2.34. The fourth-order valence-electron chi connectivity index (χ4n) is 4.29. The van der Waals surface area contributed by atoms with E-state index in [1.165, 1.54) is 0 Å². The van der Waals surface area contributed by atoms with E-state index in [0.717, 1.165) is 44.8 Å². The van der Waals surface area contributed by atoms with E-state index in [-0.39, 0.29) is 36.3 Å². The van der Waals surface area contributed by atoms with Gasteiger partial charge in [-0.3, -0.25) is 19.4 Å². The maximum Gasteiger partial charge on any atom is 0.168 e. The summed E-state index contributed by atoms with van der Waals surface area (Å²) in [6, 6.07) is 7.49. The number of ether oxygens (including phenoxy) is 2. The zero-order valence-electron chi connectivity index (χ0n) is 19.8. The molecule has 0 aromatic heterocycles. The number of nitrogens with zero attached hydrogens (tertiary/aromatic N) is 2. The Morgan fingerprint density at radius 3 is 2.15 bits per heavy atom. The van der Waals surface area contributed by atoms with Crippen LogP contribution in [0.2, 0.25) is 0 Å². The number of allylic oxidation sites excluding steroid dienone is 1. The number of hydrogen-bond acceptors (Lipinski definition) is 9. The number of β-amino-alcohol motifs (C(OH)–C–C–N with tert-alkyl or cyclic N) is 1. The quantitative estimate of drug-likeness (QED) is 0.209. The number of aliphatic hydroxyl groups excluding tert-OH is 2. The SMILES string of the molecule is O=C1CC(c2ccc(OCCOCCO)cc2)CC(=O)C1=CNCCN1CCN(CCO)CC1. The normalized spacial score (nSPS) is 19.9. The zero-order chi connectivity index (χ0) is 24.2. The molecule has 1 aliphatic heterocycles. The van der Waals surface area contributed by atoms with Gasteiger partial charge in [-0.2, -0.15) is 0 Å². The highest BCUT2D eigenvalue weighted by Crippen LogP contribution is 2.32. The predicted octanol–water partition coefficient (Wildman–Crippen LogP) is 0.173. The summed E-state index contributed by atoms with van der Waals surface area (Å²) in [6.45, 7) is 7.34. The Morgan fingerprint density at radius 2 is 1.53 bits per heavy atom. The molecule has 1 aliphatic carbocycles. The highest BCUT2D eigenvalue weighted by Gasteiger charge is 2.31. The number of carbonyl (C=O) groups excluding carboxylic acids is 2. The molecule has 0 radical (unpaired) electrons. The number of hydrogen-bond donors (Lipinski definition) is 3. The van der Waals surface area contributed by atoms with Crippen LogP contribution in [0, 0.1) is 0 Å². The molecule has 0 amide bonds. The fourth-order valence-corrected chi connectivity index (χ4v) is 4.29. The van der Waals surface area contributed by atoms with Crippen LogP contribution < -0.4 is 10.1 Å². The minimum Gasteiger partial charge on any atom is -0.491 e. The second kappa shape index (κ2) is 14.2. The Morgan fingerprint density at radius 1 is 0.882 bits per heavy atom. The minimum absolute atomic E-state index is 0.00913. The summed E-state index contributed by atoms with van der Waals surface area (Å²) in [6.07, 6.45) is 2.24. The molecule has 0 bridgehead atoms. The third-order valence-corrected chi connectivity index (χ3v) is 6.25. The van der Waals surface area contributed by atoms with Gasteiger partial charge in [-0.15, -0.1) is 0 Å². The van der Waals surface area contributed by atoms with E-state index in [9.17, 15) is 9.59 Å². The highest BCUT2D eigenvalue weighted by atomic mass is 16.5. The van der Waals surface area contributed by atoms with Gasteiger partial charge in [-0.1, -0.05) is 12.1 Å². The minimum atomic E-state index is -0.118. The highest BCUT2D eigenvalue weighted by molar-refractivity contribution is 6.22. The molecule has 9 nitrogen and oxygen atoms in total. The van der Waals surface area contributed by atoms with Gasteiger partial charge >= 0.3 is 0 Å². The van der Waals surface area contributed by atoms with Crippen LogP contribution in [-0.2, 0) is 14.3 Å². The average molecular weight is 476 g/mol. The molecule has 0 atom stereocenters. The third-order valence-electron chi connectivity index (χ3n) is 6.25. The molecule has 2 fully saturated rings. The van der Waals surface area contributed by atoms with Gasteiger partial charge in [0.2, 0.25) is 0 Å². The van der Waals surface area contributed by atoms with Crippen molar-refractivity contribution >= 4 is 11.6 Å². The van der Waals surface area contributed by atoms with E-state index in [2.05, 4.69) is 15.1 Å². The van der Waals surface area contributed by atoms with Crippen molar-refractivity contribution in [3.05, 3.63) is 41.6 Å². The second-order valence-electron chi connectivity index (χ2n) is 8.62. The smallest absolute Gasteiger partial charge is 0.168 e. The summed E-state index contributed by atoms with van der Waals surface area (Å²) in [5.41, 5.74) is 1.23. The number of carbonyl (C=O) groups is 2. The molecule has 2 aliphatic rings. The molecule has 3 rings (SSSR count). The van der Waals surface area contributed by atoms with E-state index in [1.807, 2.05) is 24.3 Å². The molecule has 0 unspecified atom stereocenters. The Kier molecular flexibility index (Phi) is 11.0. The fraction of sp³-hybridized carbons (Fsp3) is 0.600. The van der Waals surface area contributed by atoms with E-state index < -0.39 is 0 Å². The largest absolute Gasteiger partial charge is 0.491 e. The lowest BCUT2D eigenvalue weighted by Crippen LogP contribution is -2.48. The van der Waals surface area contributed by atoms with Gasteiger partial charge in [0.1, 0.15) is 12.4 Å². The van der Waals surface area contributed by atoms with Crippen LogP contribution in [0.4, 0.5) is 0 Å². The first kappa shape index (κ1) is 26.3. The van der Waals surface area contributed by atoms with Crippen LogP contribution >= 0.6 is 0 Å². The number of aliphatic hydroxyl groups is 2. The molecule has 1 aromatic rings. The topological polar surface area (TPSA) is 112 Å². The number of benzene rings is 1. The molecular weight excluding hydrogens is 438 g/mol. The van der Waals surface area contributed by atoms with Crippen LogP contribution in [0.1, 0.15) is 24.3 Å². The van der Waals surface area contributed by atoms with Crippen molar-refractivity contribution in [1.29, 1.82) is 0 Å². The number of Topliss-reactive ketones (excluding diaryl/α,β-unsaturated/α-hetero) is 2. The molecular formula is C25H37N3O6. The standard InChI is InChI=1S/C25H37N3O6/c29-12-11-28-9-7-27(8-10-28)6-5-26-19-23-24(31)17-21(18-25(23)32)20-1-3-22(4-2-20)34-16-15-33-14-13-30/h1-4,19,21,26,29-30H,5-18H2. The van der Waals surface area contributed by atoms with E-state index >= 15 is 0 Å². The molecule has 1 saturated heterocycles. The molecule has 1 aromatic carbocycles. The lowest BCUT2D eigenvalue weighted by atomic mass is 9.80. The summed E-state index contributed by atoms with van der Waals surface area (Å²) in [5, 5.41) is 20.9. The monoisotopic (exact) mass is 475 g/mol. The van der Waals surface area contributed by atoms with Gasteiger partial charge in [0.25, 0.3) is 0 Å². The van der Waals surface area contributed by atoms with Crippen molar-refractivity contribution in [2.45, 2.75) is 18.8 Å². The van der Waals surface area contributed by atoms with Crippen LogP contribution in [0.25, 0.3) is 0 Å². The van der Waals surface area contributed by atoms with Crippen molar-refractivity contribution in [1.82, 2.24) is 15.1 Å². The van der Waals surface area contributed by atoms with Gasteiger partial charge < -0.3 is 25.0 Å². The van der Waals surface area contributed by atoms with E-state index in [1.54, 1.807) is 6.20 Å². The Balaban J connectivity index is 1.40. The summed E-state index contributed by atoms with van der Waals surface area (Å²) < 4.78 is 10.8. The maximum absolute atomic E-state index is 12.7. The summed E-state index contributed by atoms with van der Waals surface area (Å²) in [5.74, 6) is 0.346. The van der Waals surface area contributed by atoms with E-state index in [4.69, 9.17) is 19.7 Å². The molecule has 1 saturated carbocycles. The first-order valence-electron chi connectivity index (χ1n) is 12.1. The Labute approximate surface area is 201 Å². The Hall–Kier alpha value is -2.30. The van der Waals surface area contributed by atoms with Crippen molar-refractivity contribution in [3.8, 4) is 5.75 Å². The molecule has 34 heavy (non-hydrogen) atoms. The molecule has 9 heteroatoms. The summed E-state index contributed by atoms with van der Waals surface area (Å²) in [4.78, 5) is 29.9. The van der Waals surface area contributed by atoms with Crippen LogP contribution in [-0.4, -0.2) is 110 Å². The van der Waals surface area contributed by atoms with Gasteiger partial charge in [-0.25, -0.2) is 0 Å². The average Bonchev–Trinajstić information content (AvgIpc) is 2.84. The Bertz CT molecular complexity index is 785. The first-order valence-corrected chi connectivity index (χ1v) is 12.1. The van der Waals surface area contributed by atoms with Gasteiger partial charge in [0, 0.05) is 64.9 Å². The number of nitrogens with one attached hydrogen (secondary N) is 1. The lowest BCUT2D eigenvalue weighted by molar-refractivity contribution is -0.124. The van der Waals surface area contributed by atoms with Crippen LogP contribution in [0.5, 0.6) is 5.75 Å². The number of piperazine rings is 1. The van der Waals surface area contributed by atoms with Crippen molar-refractivity contribution < 1.29 is 29.3 Å². The van der Waals surface area contributed by atoms with Crippen molar-refractivity contribution in [3.63, 3.8) is 0 Å². The predicted molar refractivity (Wildman–Crippen MR) is 128 cm³/mol. The zero-order valence-corrected chi connectivity index (χ0v) is 19.8. The third kappa shape index (κ3) is 8.18. The maximum atomic E-state index is 12.7. The number of rotatable bonds is 13.